The first-order chi connectivity index (χ1) is 7.06. The van der Waals surface area contributed by atoms with Gasteiger partial charge in [-0.25, -0.2) is 13.2 Å². The predicted molar refractivity (Wildman–Crippen MR) is 54.3 cm³/mol. The van der Waals surface area contributed by atoms with Crippen LogP contribution < -0.4 is 0 Å². The van der Waals surface area contributed by atoms with E-state index in [0.29, 0.717) is 0 Å². The molecule has 0 aromatic heterocycles. The molecule has 0 N–H and O–H groups in total. The average Bonchev–Trinajstić information content (AvgIpc) is 2.12. The Hall–Kier alpha value is -0.990. The molecule has 0 spiro atoms. The Bertz CT molecular complexity index is 311. The van der Waals surface area contributed by atoms with E-state index < -0.39 is 17.5 Å². The minimum atomic E-state index is -0.864. The van der Waals surface area contributed by atoms with Crippen LogP contribution in [0.25, 0.3) is 0 Å². The largest absolute Gasteiger partial charge is 0.207 e. The lowest BCUT2D eigenvalue weighted by atomic mass is 9.94. The molecule has 0 nitrogen and oxygen atoms in total. The SMILES string of the molecule is CCCCC(C)c1c(F)cc(F)cc1F. The molecule has 0 aliphatic heterocycles. The highest BCUT2D eigenvalue weighted by Crippen LogP contribution is 2.27. The molecule has 1 rings (SSSR count). The van der Waals surface area contributed by atoms with Gasteiger partial charge in [0.05, 0.1) is 0 Å². The molecule has 0 bridgehead atoms. The molecule has 1 unspecified atom stereocenters. The zero-order valence-corrected chi connectivity index (χ0v) is 8.99. The Balaban J connectivity index is 2.92. The summed E-state index contributed by atoms with van der Waals surface area (Å²) >= 11 is 0. The molecule has 0 aliphatic carbocycles. The average molecular weight is 216 g/mol. The lowest BCUT2D eigenvalue weighted by Gasteiger charge is -2.13. The van der Waals surface area contributed by atoms with Crippen molar-refractivity contribution in [3.05, 3.63) is 35.1 Å². The van der Waals surface area contributed by atoms with E-state index in [0.717, 1.165) is 31.4 Å². The van der Waals surface area contributed by atoms with Crippen LogP contribution in [-0.2, 0) is 0 Å². The second-order valence-electron chi connectivity index (χ2n) is 3.83. The maximum atomic E-state index is 13.3. The molecule has 1 aromatic rings. The Kier molecular flexibility index (Phi) is 4.18. The first-order valence-corrected chi connectivity index (χ1v) is 5.20. The quantitative estimate of drug-likeness (QED) is 0.699. The minimum Gasteiger partial charge on any atom is -0.207 e. The van der Waals surface area contributed by atoms with Crippen LogP contribution >= 0.6 is 0 Å². The van der Waals surface area contributed by atoms with Gasteiger partial charge >= 0.3 is 0 Å². The van der Waals surface area contributed by atoms with Crippen LogP contribution in [0.15, 0.2) is 12.1 Å². The van der Waals surface area contributed by atoms with Crippen molar-refractivity contribution in [1.82, 2.24) is 0 Å². The molecular formula is C12H15F3. The van der Waals surface area contributed by atoms with Gasteiger partial charge in [0.25, 0.3) is 0 Å². The van der Waals surface area contributed by atoms with Gasteiger partial charge < -0.3 is 0 Å². The first kappa shape index (κ1) is 12.1. The van der Waals surface area contributed by atoms with Crippen molar-refractivity contribution < 1.29 is 13.2 Å². The molecule has 15 heavy (non-hydrogen) atoms. The highest BCUT2D eigenvalue weighted by Gasteiger charge is 2.17. The van der Waals surface area contributed by atoms with Crippen LogP contribution in [0.5, 0.6) is 0 Å². The van der Waals surface area contributed by atoms with Crippen molar-refractivity contribution >= 4 is 0 Å². The summed E-state index contributed by atoms with van der Waals surface area (Å²) in [5.41, 5.74) is 0.00449. The Labute approximate surface area is 88.1 Å². The number of hydrogen-bond donors (Lipinski definition) is 0. The fourth-order valence-electron chi connectivity index (χ4n) is 1.68. The molecule has 0 fully saturated rings. The fourth-order valence-corrected chi connectivity index (χ4v) is 1.68. The van der Waals surface area contributed by atoms with Gasteiger partial charge in [-0.1, -0.05) is 26.7 Å². The Morgan fingerprint density at radius 1 is 1.13 bits per heavy atom. The van der Waals surface area contributed by atoms with Crippen LogP contribution in [-0.4, -0.2) is 0 Å². The molecule has 0 saturated heterocycles. The van der Waals surface area contributed by atoms with Crippen LogP contribution in [0.4, 0.5) is 13.2 Å². The summed E-state index contributed by atoms with van der Waals surface area (Å²) in [5.74, 6) is -2.63. The molecule has 1 atom stereocenters. The monoisotopic (exact) mass is 216 g/mol. The smallest absolute Gasteiger partial charge is 0.132 e. The van der Waals surface area contributed by atoms with Crippen molar-refractivity contribution in [1.29, 1.82) is 0 Å². The van der Waals surface area contributed by atoms with Crippen LogP contribution in [0.1, 0.15) is 44.6 Å². The number of halogens is 3. The molecule has 0 heterocycles. The third-order valence-electron chi connectivity index (χ3n) is 2.53. The van der Waals surface area contributed by atoms with Gasteiger partial charge in [0.15, 0.2) is 0 Å². The number of hydrogen-bond acceptors (Lipinski definition) is 0. The maximum absolute atomic E-state index is 13.3. The zero-order chi connectivity index (χ0) is 11.4. The lowest BCUT2D eigenvalue weighted by Crippen LogP contribution is -2.02. The van der Waals surface area contributed by atoms with Crippen LogP contribution in [0.2, 0.25) is 0 Å². The van der Waals surface area contributed by atoms with E-state index in [9.17, 15) is 13.2 Å². The van der Waals surface area contributed by atoms with E-state index in [1.54, 1.807) is 6.92 Å². The maximum Gasteiger partial charge on any atom is 0.132 e. The van der Waals surface area contributed by atoms with Gasteiger partial charge in [-0.05, 0) is 12.3 Å². The normalized spacial score (nSPS) is 12.9. The fraction of sp³-hybridized carbons (Fsp3) is 0.500. The molecule has 3 heteroatoms. The van der Waals surface area contributed by atoms with Gasteiger partial charge in [0.2, 0.25) is 0 Å². The van der Waals surface area contributed by atoms with E-state index >= 15 is 0 Å². The lowest BCUT2D eigenvalue weighted by molar-refractivity contribution is 0.493. The number of rotatable bonds is 4. The van der Waals surface area contributed by atoms with Gasteiger partial charge in [0, 0.05) is 17.7 Å². The van der Waals surface area contributed by atoms with Crippen molar-refractivity contribution in [2.24, 2.45) is 0 Å². The molecule has 0 saturated carbocycles. The van der Waals surface area contributed by atoms with Crippen LogP contribution in [0.3, 0.4) is 0 Å². The Morgan fingerprint density at radius 3 is 2.13 bits per heavy atom. The van der Waals surface area contributed by atoms with Gasteiger partial charge in [0.1, 0.15) is 17.5 Å². The minimum absolute atomic E-state index is 0.00449. The molecule has 1 aromatic carbocycles. The Morgan fingerprint density at radius 2 is 1.67 bits per heavy atom. The standard InChI is InChI=1S/C12H15F3/c1-3-4-5-8(2)12-10(14)6-9(13)7-11(12)15/h6-8H,3-5H2,1-2H3. The summed E-state index contributed by atoms with van der Waals surface area (Å²) in [4.78, 5) is 0. The second-order valence-corrected chi connectivity index (χ2v) is 3.83. The first-order valence-electron chi connectivity index (χ1n) is 5.20. The highest BCUT2D eigenvalue weighted by atomic mass is 19.1. The van der Waals surface area contributed by atoms with E-state index in [4.69, 9.17) is 0 Å². The second kappa shape index (κ2) is 5.19. The van der Waals surface area contributed by atoms with Gasteiger partial charge in [-0.15, -0.1) is 0 Å². The summed E-state index contributed by atoms with van der Waals surface area (Å²) in [6.07, 6.45) is 2.61. The van der Waals surface area contributed by atoms with Crippen molar-refractivity contribution in [3.8, 4) is 0 Å². The third kappa shape index (κ3) is 2.98. The van der Waals surface area contributed by atoms with Gasteiger partial charge in [-0.2, -0.15) is 0 Å². The molecule has 0 amide bonds. The van der Waals surface area contributed by atoms with Crippen molar-refractivity contribution in [2.75, 3.05) is 0 Å². The van der Waals surface area contributed by atoms with Crippen LogP contribution in [0, 0.1) is 17.5 Å². The van der Waals surface area contributed by atoms with Gasteiger partial charge in [-0.3, -0.25) is 0 Å². The molecular weight excluding hydrogens is 201 g/mol. The highest BCUT2D eigenvalue weighted by molar-refractivity contribution is 5.24. The predicted octanol–water partition coefficient (Wildman–Crippen LogP) is 4.40. The third-order valence-corrected chi connectivity index (χ3v) is 2.53. The summed E-state index contributed by atoms with van der Waals surface area (Å²) in [7, 11) is 0. The summed E-state index contributed by atoms with van der Waals surface area (Å²) < 4.78 is 39.3. The topological polar surface area (TPSA) is 0 Å². The molecule has 84 valence electrons. The van der Waals surface area contributed by atoms with E-state index in [1.807, 2.05) is 6.92 Å². The summed E-state index contributed by atoms with van der Waals surface area (Å²) in [6.45, 7) is 3.78. The molecule has 0 aliphatic rings. The van der Waals surface area contributed by atoms with E-state index in [-0.39, 0.29) is 11.5 Å². The zero-order valence-electron chi connectivity index (χ0n) is 8.99. The van der Waals surface area contributed by atoms with Crippen molar-refractivity contribution in [3.63, 3.8) is 0 Å². The molecule has 0 radical (unpaired) electrons. The number of benzene rings is 1. The van der Waals surface area contributed by atoms with E-state index in [2.05, 4.69) is 0 Å². The summed E-state index contributed by atoms with van der Waals surface area (Å²) in [5, 5.41) is 0. The van der Waals surface area contributed by atoms with E-state index in [1.165, 1.54) is 0 Å². The number of unbranched alkanes of at least 4 members (excludes halogenated alkanes) is 1. The summed E-state index contributed by atoms with van der Waals surface area (Å²) in [6, 6.07) is 1.47. The van der Waals surface area contributed by atoms with Crippen molar-refractivity contribution in [2.45, 2.75) is 39.0 Å².